The highest BCUT2D eigenvalue weighted by Gasteiger charge is 2.29. The molecule has 0 spiro atoms. The van der Waals surface area contributed by atoms with Gasteiger partial charge in [-0.15, -0.1) is 0 Å². The number of ether oxygens (including phenoxy) is 2. The minimum atomic E-state index is -0.836. The second kappa shape index (κ2) is 10.8. The maximum absolute atomic E-state index is 13.3. The zero-order chi connectivity index (χ0) is 24.8. The third-order valence-electron chi connectivity index (χ3n) is 4.64. The van der Waals surface area contributed by atoms with Crippen LogP contribution in [0.5, 0.6) is 11.5 Å². The number of carbonyl (C=O) groups excluding carboxylic acids is 2. The second-order valence-electron chi connectivity index (χ2n) is 8.44. The molecule has 0 aromatic heterocycles. The molecule has 2 rings (SSSR count). The zero-order valence-corrected chi connectivity index (χ0v) is 19.3. The number of nitrogens with zero attached hydrogens (tertiary/aromatic N) is 2. The number of halogens is 1. The highest BCUT2D eigenvalue weighted by atomic mass is 19.1. The molecule has 33 heavy (non-hydrogen) atoms. The fourth-order valence-electron chi connectivity index (χ4n) is 2.97. The van der Waals surface area contributed by atoms with E-state index in [0.29, 0.717) is 5.56 Å². The highest BCUT2D eigenvalue weighted by Crippen LogP contribution is 2.30. The van der Waals surface area contributed by atoms with E-state index < -0.39 is 34.8 Å². The Morgan fingerprint density at radius 1 is 1.18 bits per heavy atom. The normalized spacial score (nSPS) is 11.9. The fraction of sp³-hybridized carbons (Fsp3) is 0.391. The molecular weight excluding hydrogens is 433 g/mol. The number of benzene rings is 2. The number of nitro groups is 1. The summed E-state index contributed by atoms with van der Waals surface area (Å²) in [5.41, 5.74) is -0.0966. The standard InChI is InChI=1S/C23H28FN3O6/c1-15(22(29)25-23(2,3)4)26(13-16-6-8-17(24)9-7-16)21(28)14-33-18-10-11-19(27(30)31)20(12-18)32-5/h6-12,15H,13-14H2,1-5H3,(H,25,29). The third-order valence-corrected chi connectivity index (χ3v) is 4.64. The van der Waals surface area contributed by atoms with Crippen LogP contribution in [-0.4, -0.2) is 46.9 Å². The van der Waals surface area contributed by atoms with Gasteiger partial charge in [-0.1, -0.05) is 12.1 Å². The van der Waals surface area contributed by atoms with E-state index in [-0.39, 0.29) is 29.6 Å². The molecule has 0 aliphatic carbocycles. The van der Waals surface area contributed by atoms with Gasteiger partial charge in [0.15, 0.2) is 6.61 Å². The van der Waals surface area contributed by atoms with Crippen LogP contribution in [0.4, 0.5) is 10.1 Å². The molecule has 9 nitrogen and oxygen atoms in total. The Hall–Kier alpha value is -3.69. The molecule has 1 unspecified atom stereocenters. The van der Waals surface area contributed by atoms with Crippen LogP contribution in [0.3, 0.4) is 0 Å². The predicted octanol–water partition coefficient (Wildman–Crippen LogP) is 3.45. The summed E-state index contributed by atoms with van der Waals surface area (Å²) in [4.78, 5) is 37.5. The van der Waals surface area contributed by atoms with Crippen molar-refractivity contribution in [3.63, 3.8) is 0 Å². The maximum Gasteiger partial charge on any atom is 0.311 e. The molecular formula is C23H28FN3O6. The van der Waals surface area contributed by atoms with Gasteiger partial charge < -0.3 is 19.7 Å². The molecule has 10 heteroatoms. The van der Waals surface area contributed by atoms with Crippen molar-refractivity contribution in [1.29, 1.82) is 0 Å². The molecule has 0 fully saturated rings. The van der Waals surface area contributed by atoms with E-state index in [1.807, 2.05) is 20.8 Å². The van der Waals surface area contributed by atoms with E-state index in [9.17, 15) is 24.1 Å². The minimum Gasteiger partial charge on any atom is -0.490 e. The van der Waals surface area contributed by atoms with E-state index >= 15 is 0 Å². The van der Waals surface area contributed by atoms with Crippen molar-refractivity contribution in [3.8, 4) is 11.5 Å². The lowest BCUT2D eigenvalue weighted by molar-refractivity contribution is -0.385. The topological polar surface area (TPSA) is 111 Å². The van der Waals surface area contributed by atoms with Gasteiger partial charge in [0.1, 0.15) is 17.6 Å². The first-order valence-electron chi connectivity index (χ1n) is 10.2. The van der Waals surface area contributed by atoms with E-state index in [4.69, 9.17) is 9.47 Å². The zero-order valence-electron chi connectivity index (χ0n) is 19.3. The first-order valence-corrected chi connectivity index (χ1v) is 10.2. The van der Waals surface area contributed by atoms with Crippen molar-refractivity contribution in [2.24, 2.45) is 0 Å². The number of carbonyl (C=O) groups is 2. The van der Waals surface area contributed by atoms with E-state index in [1.54, 1.807) is 6.92 Å². The van der Waals surface area contributed by atoms with Crippen LogP contribution in [0.1, 0.15) is 33.3 Å². The first-order chi connectivity index (χ1) is 15.4. The monoisotopic (exact) mass is 461 g/mol. The van der Waals surface area contributed by atoms with Gasteiger partial charge in [0, 0.05) is 24.2 Å². The van der Waals surface area contributed by atoms with E-state index in [1.165, 1.54) is 54.5 Å². The Labute approximate surface area is 191 Å². The molecule has 2 aromatic carbocycles. The fourth-order valence-corrected chi connectivity index (χ4v) is 2.97. The van der Waals surface area contributed by atoms with Crippen molar-refractivity contribution in [1.82, 2.24) is 10.2 Å². The number of hydrogen-bond donors (Lipinski definition) is 1. The van der Waals surface area contributed by atoms with Crippen molar-refractivity contribution in [2.45, 2.75) is 45.8 Å². The average molecular weight is 461 g/mol. The van der Waals surface area contributed by atoms with Gasteiger partial charge in [0.2, 0.25) is 11.7 Å². The quantitative estimate of drug-likeness (QED) is 0.452. The Balaban J connectivity index is 2.21. The van der Waals surface area contributed by atoms with Crippen molar-refractivity contribution >= 4 is 17.5 Å². The molecule has 0 saturated carbocycles. The van der Waals surface area contributed by atoms with Crippen molar-refractivity contribution < 1.29 is 28.4 Å². The average Bonchev–Trinajstić information content (AvgIpc) is 2.75. The van der Waals surface area contributed by atoms with Gasteiger partial charge in [0.25, 0.3) is 5.91 Å². The van der Waals surface area contributed by atoms with Gasteiger partial charge in [-0.2, -0.15) is 0 Å². The van der Waals surface area contributed by atoms with E-state index in [2.05, 4.69) is 5.32 Å². The molecule has 1 N–H and O–H groups in total. The molecule has 0 aliphatic heterocycles. The molecule has 0 saturated heterocycles. The third kappa shape index (κ3) is 7.44. The summed E-state index contributed by atoms with van der Waals surface area (Å²) < 4.78 is 23.8. The Bertz CT molecular complexity index is 1000. The van der Waals surface area contributed by atoms with E-state index in [0.717, 1.165) is 0 Å². The predicted molar refractivity (Wildman–Crippen MR) is 119 cm³/mol. The molecule has 0 aliphatic rings. The number of nitrogens with one attached hydrogen (secondary N) is 1. The molecule has 178 valence electrons. The molecule has 0 bridgehead atoms. The molecule has 0 radical (unpaired) electrons. The van der Waals surface area contributed by atoms with Crippen LogP contribution in [0.2, 0.25) is 0 Å². The number of hydrogen-bond acceptors (Lipinski definition) is 6. The largest absolute Gasteiger partial charge is 0.490 e. The molecule has 2 aromatic rings. The summed E-state index contributed by atoms with van der Waals surface area (Å²) in [5, 5.41) is 13.9. The van der Waals surface area contributed by atoms with Gasteiger partial charge in [0.05, 0.1) is 12.0 Å². The summed E-state index contributed by atoms with van der Waals surface area (Å²) in [5.74, 6) is -1.07. The van der Waals surface area contributed by atoms with Crippen molar-refractivity contribution in [2.75, 3.05) is 13.7 Å². The highest BCUT2D eigenvalue weighted by molar-refractivity contribution is 5.88. The summed E-state index contributed by atoms with van der Waals surface area (Å²) in [6, 6.07) is 8.66. The lowest BCUT2D eigenvalue weighted by Crippen LogP contribution is -2.53. The van der Waals surface area contributed by atoms with Crippen LogP contribution < -0.4 is 14.8 Å². The Kier molecular flexibility index (Phi) is 8.33. The molecule has 0 heterocycles. The molecule has 1 atom stereocenters. The van der Waals surface area contributed by atoms with Gasteiger partial charge in [-0.05, 0) is 51.5 Å². The van der Waals surface area contributed by atoms with Crippen LogP contribution >= 0.6 is 0 Å². The molecule has 2 amide bonds. The first kappa shape index (κ1) is 25.6. The van der Waals surface area contributed by atoms with Crippen LogP contribution in [-0.2, 0) is 16.1 Å². The lowest BCUT2D eigenvalue weighted by atomic mass is 10.1. The number of amides is 2. The van der Waals surface area contributed by atoms with Gasteiger partial charge >= 0.3 is 5.69 Å². The number of methoxy groups -OCH3 is 1. The number of rotatable bonds is 9. The van der Waals surface area contributed by atoms with Crippen LogP contribution in [0, 0.1) is 15.9 Å². The lowest BCUT2D eigenvalue weighted by Gasteiger charge is -2.31. The van der Waals surface area contributed by atoms with Gasteiger partial charge in [-0.25, -0.2) is 4.39 Å². The van der Waals surface area contributed by atoms with Gasteiger partial charge in [-0.3, -0.25) is 19.7 Å². The second-order valence-corrected chi connectivity index (χ2v) is 8.44. The smallest absolute Gasteiger partial charge is 0.311 e. The summed E-state index contributed by atoms with van der Waals surface area (Å²) in [6.45, 7) is 6.72. The Morgan fingerprint density at radius 2 is 1.82 bits per heavy atom. The maximum atomic E-state index is 13.3. The van der Waals surface area contributed by atoms with Crippen LogP contribution in [0.15, 0.2) is 42.5 Å². The van der Waals surface area contributed by atoms with Crippen LogP contribution in [0.25, 0.3) is 0 Å². The summed E-state index contributed by atoms with van der Waals surface area (Å²) >= 11 is 0. The number of nitro benzene ring substituents is 1. The summed E-state index contributed by atoms with van der Waals surface area (Å²) in [7, 11) is 1.29. The minimum absolute atomic E-state index is 0.00830. The Morgan fingerprint density at radius 3 is 2.36 bits per heavy atom. The SMILES string of the molecule is COc1cc(OCC(=O)N(Cc2ccc(F)cc2)C(C)C(=O)NC(C)(C)C)ccc1[N+](=O)[O-]. The summed E-state index contributed by atoms with van der Waals surface area (Å²) in [6.07, 6.45) is 0. The van der Waals surface area contributed by atoms with Crippen molar-refractivity contribution in [3.05, 3.63) is 64.0 Å².